The van der Waals surface area contributed by atoms with Crippen LogP contribution in [0.1, 0.15) is 23.6 Å². The predicted molar refractivity (Wildman–Crippen MR) is 70.7 cm³/mol. The van der Waals surface area contributed by atoms with Crippen LogP contribution in [0.5, 0.6) is 0 Å². The zero-order chi connectivity index (χ0) is 13.7. The number of rotatable bonds is 5. The first-order valence-electron chi connectivity index (χ1n) is 5.84. The van der Waals surface area contributed by atoms with Crippen LogP contribution < -0.4 is 5.32 Å². The van der Waals surface area contributed by atoms with Crippen molar-refractivity contribution in [2.45, 2.75) is 13.2 Å². The van der Waals surface area contributed by atoms with Gasteiger partial charge in [0, 0.05) is 11.9 Å². The molecule has 0 spiro atoms. The van der Waals surface area contributed by atoms with Gasteiger partial charge in [-0.05, 0) is 31.2 Å². The summed E-state index contributed by atoms with van der Waals surface area (Å²) in [6, 6.07) is 12.6. The van der Waals surface area contributed by atoms with Gasteiger partial charge in [0.2, 0.25) is 0 Å². The van der Waals surface area contributed by atoms with Crippen LogP contribution in [0.3, 0.4) is 0 Å². The Morgan fingerprint density at radius 2 is 2.00 bits per heavy atom. The van der Waals surface area contributed by atoms with E-state index in [1.165, 1.54) is 0 Å². The third-order valence-corrected chi connectivity index (χ3v) is 2.69. The molecule has 1 aromatic heterocycles. The number of amides is 1. The molecule has 0 aliphatic rings. The van der Waals surface area contributed by atoms with E-state index in [0.717, 1.165) is 0 Å². The van der Waals surface area contributed by atoms with Gasteiger partial charge < -0.3 is 14.6 Å². The number of anilines is 1. The number of nitrogens with one attached hydrogen (secondary N) is 1. The minimum atomic E-state index is -0.524. The molecule has 1 aromatic carbocycles. The van der Waals surface area contributed by atoms with E-state index in [1.54, 1.807) is 42.0 Å². The summed E-state index contributed by atoms with van der Waals surface area (Å²) < 4.78 is 6.42. The Hall–Kier alpha value is -2.56. The Morgan fingerprint density at radius 3 is 2.68 bits per heavy atom. The second-order valence-electron chi connectivity index (χ2n) is 3.95. The third kappa shape index (κ3) is 3.01. The van der Waals surface area contributed by atoms with Gasteiger partial charge in [-0.2, -0.15) is 0 Å². The Labute approximate surface area is 110 Å². The van der Waals surface area contributed by atoms with Crippen LogP contribution in [0.25, 0.3) is 0 Å². The summed E-state index contributed by atoms with van der Waals surface area (Å²) in [5.74, 6) is -0.252. The van der Waals surface area contributed by atoms with E-state index in [-0.39, 0.29) is 5.91 Å². The first kappa shape index (κ1) is 12.9. The number of carbonyl (C=O) groups excluding carboxylic acids is 2. The van der Waals surface area contributed by atoms with Crippen LogP contribution in [-0.4, -0.2) is 16.9 Å². The van der Waals surface area contributed by atoms with Crippen molar-refractivity contribution in [3.05, 3.63) is 54.4 Å². The van der Waals surface area contributed by atoms with Crippen LogP contribution in [-0.2, 0) is 9.53 Å². The van der Waals surface area contributed by atoms with Crippen LogP contribution in [0, 0.1) is 0 Å². The number of aromatic nitrogens is 1. The lowest BCUT2D eigenvalue weighted by atomic mass is 10.3. The first-order valence-corrected chi connectivity index (χ1v) is 5.84. The molecule has 0 fully saturated rings. The standard InChI is InChI=1S/C14H14N2O3/c1-11(19-10-17)16-9-5-8-13(16)14(18)15-12-6-3-2-4-7-12/h2-11H,1H3,(H,15,18). The summed E-state index contributed by atoms with van der Waals surface area (Å²) in [7, 11) is 0. The van der Waals surface area contributed by atoms with Gasteiger partial charge in [-0.25, -0.2) is 0 Å². The molecule has 1 amide bonds. The first-order chi connectivity index (χ1) is 9.22. The van der Waals surface area contributed by atoms with Crippen molar-refractivity contribution >= 4 is 18.1 Å². The van der Waals surface area contributed by atoms with Gasteiger partial charge in [-0.1, -0.05) is 18.2 Å². The average Bonchev–Trinajstić information content (AvgIpc) is 2.89. The lowest BCUT2D eigenvalue weighted by Gasteiger charge is -2.15. The van der Waals surface area contributed by atoms with E-state index in [2.05, 4.69) is 5.32 Å². The molecule has 1 N–H and O–H groups in total. The van der Waals surface area contributed by atoms with E-state index in [0.29, 0.717) is 17.9 Å². The minimum Gasteiger partial charge on any atom is -0.444 e. The monoisotopic (exact) mass is 258 g/mol. The Bertz CT molecular complexity index is 563. The smallest absolute Gasteiger partial charge is 0.295 e. The molecule has 0 radical (unpaired) electrons. The molecule has 2 rings (SSSR count). The van der Waals surface area contributed by atoms with Crippen molar-refractivity contribution in [1.82, 2.24) is 4.57 Å². The lowest BCUT2D eigenvalue weighted by Crippen LogP contribution is -2.19. The average molecular weight is 258 g/mol. The molecule has 5 heteroatoms. The van der Waals surface area contributed by atoms with E-state index in [4.69, 9.17) is 4.74 Å². The molecule has 1 atom stereocenters. The van der Waals surface area contributed by atoms with Crippen LogP contribution >= 0.6 is 0 Å². The zero-order valence-electron chi connectivity index (χ0n) is 10.4. The SMILES string of the molecule is CC(OC=O)n1cccc1C(=O)Nc1ccccc1. The van der Waals surface area contributed by atoms with Crippen LogP contribution in [0.4, 0.5) is 5.69 Å². The summed E-state index contributed by atoms with van der Waals surface area (Å²) in [4.78, 5) is 22.5. The van der Waals surface area contributed by atoms with Crippen molar-refractivity contribution in [2.75, 3.05) is 5.32 Å². The van der Waals surface area contributed by atoms with Gasteiger partial charge in [-0.15, -0.1) is 0 Å². The van der Waals surface area contributed by atoms with Gasteiger partial charge in [0.15, 0.2) is 6.23 Å². The lowest BCUT2D eigenvalue weighted by molar-refractivity contribution is -0.136. The second-order valence-corrected chi connectivity index (χ2v) is 3.95. The van der Waals surface area contributed by atoms with Crippen LogP contribution in [0.15, 0.2) is 48.7 Å². The molecule has 0 bridgehead atoms. The highest BCUT2D eigenvalue weighted by atomic mass is 16.5. The number of hydrogen-bond donors (Lipinski definition) is 1. The largest absolute Gasteiger partial charge is 0.444 e. The predicted octanol–water partition coefficient (Wildman–Crippen LogP) is 2.43. The molecule has 19 heavy (non-hydrogen) atoms. The minimum absolute atomic E-state index is 0.252. The van der Waals surface area contributed by atoms with Crippen molar-refractivity contribution in [3.8, 4) is 0 Å². The van der Waals surface area contributed by atoms with Crippen molar-refractivity contribution < 1.29 is 14.3 Å². The second kappa shape index (κ2) is 5.86. The molecule has 0 saturated heterocycles. The fourth-order valence-electron chi connectivity index (χ4n) is 1.77. The van der Waals surface area contributed by atoms with Crippen molar-refractivity contribution in [3.63, 3.8) is 0 Å². The number of carbonyl (C=O) groups is 2. The molecule has 5 nitrogen and oxygen atoms in total. The molecule has 0 saturated carbocycles. The quantitative estimate of drug-likeness (QED) is 0.838. The summed E-state index contributed by atoms with van der Waals surface area (Å²) >= 11 is 0. The Balaban J connectivity index is 2.16. The zero-order valence-corrected chi connectivity index (χ0v) is 10.4. The Kier molecular flexibility index (Phi) is 3.97. The maximum absolute atomic E-state index is 12.1. The Morgan fingerprint density at radius 1 is 1.26 bits per heavy atom. The maximum Gasteiger partial charge on any atom is 0.295 e. The number of hydrogen-bond acceptors (Lipinski definition) is 3. The normalized spacial score (nSPS) is 11.6. The molecule has 1 unspecified atom stereocenters. The van der Waals surface area contributed by atoms with Crippen molar-refractivity contribution in [1.29, 1.82) is 0 Å². The van der Waals surface area contributed by atoms with Crippen molar-refractivity contribution in [2.24, 2.45) is 0 Å². The van der Waals surface area contributed by atoms with Gasteiger partial charge >= 0.3 is 0 Å². The number of nitrogens with zero attached hydrogens (tertiary/aromatic N) is 1. The number of ether oxygens (including phenoxy) is 1. The molecule has 2 aromatic rings. The highest BCUT2D eigenvalue weighted by Gasteiger charge is 2.15. The number of benzene rings is 1. The van der Waals surface area contributed by atoms with Gasteiger partial charge in [0.1, 0.15) is 5.69 Å². The summed E-state index contributed by atoms with van der Waals surface area (Å²) in [5, 5.41) is 2.78. The van der Waals surface area contributed by atoms with E-state index >= 15 is 0 Å². The summed E-state index contributed by atoms with van der Waals surface area (Å²) in [6.07, 6.45) is 1.16. The van der Waals surface area contributed by atoms with Gasteiger partial charge in [0.05, 0.1) is 0 Å². The topological polar surface area (TPSA) is 60.3 Å². The molecular formula is C14H14N2O3. The summed E-state index contributed by atoms with van der Waals surface area (Å²) in [6.45, 7) is 2.05. The summed E-state index contributed by atoms with van der Waals surface area (Å²) in [5.41, 5.74) is 1.14. The molecule has 0 aliphatic heterocycles. The van der Waals surface area contributed by atoms with E-state index < -0.39 is 6.23 Å². The van der Waals surface area contributed by atoms with E-state index in [9.17, 15) is 9.59 Å². The fourth-order valence-corrected chi connectivity index (χ4v) is 1.77. The third-order valence-electron chi connectivity index (χ3n) is 2.69. The highest BCUT2D eigenvalue weighted by Crippen LogP contribution is 2.14. The molecule has 1 heterocycles. The highest BCUT2D eigenvalue weighted by molar-refractivity contribution is 6.03. The molecular weight excluding hydrogens is 244 g/mol. The van der Waals surface area contributed by atoms with E-state index in [1.807, 2.05) is 18.2 Å². The molecule has 0 aliphatic carbocycles. The molecule has 98 valence electrons. The maximum atomic E-state index is 12.1. The van der Waals surface area contributed by atoms with Crippen LogP contribution in [0.2, 0.25) is 0 Å². The van der Waals surface area contributed by atoms with Gasteiger partial charge in [-0.3, -0.25) is 9.59 Å². The number of para-hydroxylation sites is 1. The fraction of sp³-hybridized carbons (Fsp3) is 0.143. The van der Waals surface area contributed by atoms with Gasteiger partial charge in [0.25, 0.3) is 12.4 Å².